The van der Waals surface area contributed by atoms with E-state index < -0.39 is 0 Å². The second kappa shape index (κ2) is 6.08. The van der Waals surface area contributed by atoms with Gasteiger partial charge in [0.1, 0.15) is 12.7 Å². The van der Waals surface area contributed by atoms with E-state index in [-0.39, 0.29) is 11.9 Å². The molecule has 1 aliphatic heterocycles. The summed E-state index contributed by atoms with van der Waals surface area (Å²) in [5.74, 6) is 0.651. The van der Waals surface area contributed by atoms with Gasteiger partial charge in [-0.15, -0.1) is 10.2 Å². The average molecular weight is 301 g/mol. The van der Waals surface area contributed by atoms with Crippen LogP contribution in [-0.4, -0.2) is 63.0 Å². The molecule has 0 radical (unpaired) electrons. The minimum Gasteiger partial charge on any atom is -0.361 e. The highest BCUT2D eigenvalue weighted by Crippen LogP contribution is 2.21. The number of nitrogens with zero attached hydrogens (tertiary/aromatic N) is 7. The molecule has 0 unspecified atom stereocenters. The fraction of sp³-hybridized carbons (Fsp3) is 0.500. The summed E-state index contributed by atoms with van der Waals surface area (Å²) >= 11 is 0. The van der Waals surface area contributed by atoms with Gasteiger partial charge in [0.25, 0.3) is 5.91 Å². The fourth-order valence-corrected chi connectivity index (χ4v) is 2.60. The molecule has 22 heavy (non-hydrogen) atoms. The normalized spacial score (nSPS) is 18.3. The monoisotopic (exact) mass is 301 g/mol. The first-order valence-electron chi connectivity index (χ1n) is 7.29. The molecule has 8 heteroatoms. The van der Waals surface area contributed by atoms with Gasteiger partial charge >= 0.3 is 0 Å². The average Bonchev–Trinajstić information content (AvgIpc) is 3.09. The highest BCUT2D eigenvalue weighted by molar-refractivity contribution is 5.92. The number of anilines is 1. The van der Waals surface area contributed by atoms with E-state index in [1.807, 2.05) is 28.6 Å². The third-order valence-corrected chi connectivity index (χ3v) is 3.82. The molecule has 2 aromatic rings. The lowest BCUT2D eigenvalue weighted by molar-refractivity contribution is 0.0665. The summed E-state index contributed by atoms with van der Waals surface area (Å²) in [7, 11) is 3.78. The molecule has 0 aromatic carbocycles. The van der Waals surface area contributed by atoms with Crippen LogP contribution in [0.3, 0.4) is 0 Å². The van der Waals surface area contributed by atoms with Crippen LogP contribution in [0.2, 0.25) is 0 Å². The van der Waals surface area contributed by atoms with Gasteiger partial charge in [-0.3, -0.25) is 4.79 Å². The van der Waals surface area contributed by atoms with E-state index in [4.69, 9.17) is 0 Å². The van der Waals surface area contributed by atoms with Gasteiger partial charge in [0.15, 0.2) is 11.5 Å². The van der Waals surface area contributed by atoms with Crippen LogP contribution in [0.4, 0.5) is 5.82 Å². The Balaban J connectivity index is 1.71. The Morgan fingerprint density at radius 1 is 1.32 bits per heavy atom. The minimum absolute atomic E-state index is 0.0809. The molecular weight excluding hydrogens is 282 g/mol. The quantitative estimate of drug-likeness (QED) is 0.826. The molecule has 116 valence electrons. The highest BCUT2D eigenvalue weighted by Gasteiger charge is 2.26. The fourth-order valence-electron chi connectivity index (χ4n) is 2.60. The van der Waals surface area contributed by atoms with Gasteiger partial charge in [0, 0.05) is 27.2 Å². The lowest BCUT2D eigenvalue weighted by atomic mass is 10.1. The maximum atomic E-state index is 12.6. The zero-order valence-electron chi connectivity index (χ0n) is 12.8. The van der Waals surface area contributed by atoms with Gasteiger partial charge in [-0.05, 0) is 25.0 Å². The Kier molecular flexibility index (Phi) is 3.99. The number of aromatic nitrogens is 5. The van der Waals surface area contributed by atoms with Gasteiger partial charge < -0.3 is 9.80 Å². The summed E-state index contributed by atoms with van der Waals surface area (Å²) in [4.78, 5) is 20.2. The van der Waals surface area contributed by atoms with Gasteiger partial charge in [-0.2, -0.15) is 5.10 Å². The number of hydrogen-bond donors (Lipinski definition) is 0. The van der Waals surface area contributed by atoms with Crippen molar-refractivity contribution in [3.05, 3.63) is 30.5 Å². The van der Waals surface area contributed by atoms with Crippen molar-refractivity contribution < 1.29 is 4.79 Å². The Labute approximate surface area is 128 Å². The first-order valence-corrected chi connectivity index (χ1v) is 7.29. The first kappa shape index (κ1) is 14.4. The van der Waals surface area contributed by atoms with E-state index in [1.54, 1.807) is 18.5 Å². The van der Waals surface area contributed by atoms with E-state index in [0.29, 0.717) is 12.2 Å². The molecule has 1 fully saturated rings. The lowest BCUT2D eigenvalue weighted by Gasteiger charge is -2.32. The summed E-state index contributed by atoms with van der Waals surface area (Å²) in [5.41, 5.74) is 0.379. The van der Waals surface area contributed by atoms with Crippen LogP contribution < -0.4 is 4.90 Å². The molecule has 1 aliphatic rings. The van der Waals surface area contributed by atoms with E-state index in [2.05, 4.69) is 20.3 Å². The second-order valence-corrected chi connectivity index (χ2v) is 5.59. The van der Waals surface area contributed by atoms with Gasteiger partial charge in [0.05, 0.1) is 6.04 Å². The predicted octanol–water partition coefficient (Wildman–Crippen LogP) is 0.611. The molecule has 1 atom stereocenters. The molecule has 2 aromatic heterocycles. The number of likely N-dealkylation sites (tertiary alicyclic amines) is 1. The van der Waals surface area contributed by atoms with Gasteiger partial charge in [0.2, 0.25) is 0 Å². The molecule has 3 heterocycles. The summed E-state index contributed by atoms with van der Waals surface area (Å²) in [5, 5.41) is 12.3. The van der Waals surface area contributed by atoms with Gasteiger partial charge in [-0.25, -0.2) is 9.67 Å². The molecule has 0 bridgehead atoms. The topological polar surface area (TPSA) is 80.0 Å². The first-order chi connectivity index (χ1) is 10.6. The second-order valence-electron chi connectivity index (χ2n) is 5.59. The number of hydrogen-bond acceptors (Lipinski definition) is 6. The molecule has 8 nitrogen and oxygen atoms in total. The third-order valence-electron chi connectivity index (χ3n) is 3.82. The van der Waals surface area contributed by atoms with Crippen LogP contribution in [0.5, 0.6) is 0 Å². The van der Waals surface area contributed by atoms with Crippen LogP contribution in [0.15, 0.2) is 24.8 Å². The largest absolute Gasteiger partial charge is 0.361 e. The van der Waals surface area contributed by atoms with Crippen molar-refractivity contribution in [2.24, 2.45) is 0 Å². The SMILES string of the molecule is CN(C)c1ccc(C(=O)N2CCC[C@@H](n3cncn3)C2)nn1. The van der Waals surface area contributed by atoms with Crippen LogP contribution in [0, 0.1) is 0 Å². The van der Waals surface area contributed by atoms with E-state index >= 15 is 0 Å². The van der Waals surface area contributed by atoms with Crippen LogP contribution in [-0.2, 0) is 0 Å². The van der Waals surface area contributed by atoms with E-state index in [9.17, 15) is 4.79 Å². The molecular formula is C14H19N7O. The maximum Gasteiger partial charge on any atom is 0.274 e. The number of rotatable bonds is 3. The summed E-state index contributed by atoms with van der Waals surface area (Å²) in [6.45, 7) is 1.36. The standard InChI is InChI=1S/C14H19N7O/c1-19(2)13-6-5-12(17-18-13)14(22)20-7-3-4-11(8-20)21-10-15-9-16-21/h5-6,9-11H,3-4,7-8H2,1-2H3/t11-/m1/s1. The number of piperidine rings is 1. The van der Waals surface area contributed by atoms with Crippen molar-refractivity contribution in [1.82, 2.24) is 29.9 Å². The maximum absolute atomic E-state index is 12.6. The molecule has 3 rings (SSSR count). The lowest BCUT2D eigenvalue weighted by Crippen LogP contribution is -2.41. The summed E-state index contributed by atoms with van der Waals surface area (Å²) < 4.78 is 1.82. The van der Waals surface area contributed by atoms with Crippen LogP contribution in [0.25, 0.3) is 0 Å². The zero-order valence-corrected chi connectivity index (χ0v) is 12.8. The number of carbonyl (C=O) groups excluding carboxylic acids is 1. The van der Waals surface area contributed by atoms with Gasteiger partial charge in [-0.1, -0.05) is 0 Å². The van der Waals surface area contributed by atoms with E-state index in [0.717, 1.165) is 25.2 Å². The predicted molar refractivity (Wildman–Crippen MR) is 80.6 cm³/mol. The Hall–Kier alpha value is -2.51. The van der Waals surface area contributed by atoms with Crippen molar-refractivity contribution in [1.29, 1.82) is 0 Å². The molecule has 1 amide bonds. The zero-order chi connectivity index (χ0) is 15.5. The number of amides is 1. The summed E-state index contributed by atoms with van der Waals surface area (Å²) in [6, 6.07) is 3.71. The molecule has 0 saturated carbocycles. The van der Waals surface area contributed by atoms with Crippen molar-refractivity contribution in [2.45, 2.75) is 18.9 Å². The Morgan fingerprint density at radius 2 is 2.18 bits per heavy atom. The van der Waals surface area contributed by atoms with Crippen LogP contribution >= 0.6 is 0 Å². The Bertz CT molecular complexity index is 623. The van der Waals surface area contributed by atoms with Crippen molar-refractivity contribution >= 4 is 11.7 Å². The molecule has 0 N–H and O–H groups in total. The van der Waals surface area contributed by atoms with Crippen molar-refractivity contribution in [2.75, 3.05) is 32.1 Å². The smallest absolute Gasteiger partial charge is 0.274 e. The third kappa shape index (κ3) is 2.90. The van der Waals surface area contributed by atoms with Crippen LogP contribution in [0.1, 0.15) is 29.4 Å². The minimum atomic E-state index is -0.0809. The summed E-state index contributed by atoms with van der Waals surface area (Å²) in [6.07, 6.45) is 5.16. The molecule has 0 aliphatic carbocycles. The Morgan fingerprint density at radius 3 is 2.82 bits per heavy atom. The highest BCUT2D eigenvalue weighted by atomic mass is 16.2. The molecule has 1 saturated heterocycles. The van der Waals surface area contributed by atoms with Crippen molar-refractivity contribution in [3.63, 3.8) is 0 Å². The number of carbonyl (C=O) groups is 1. The molecule has 0 spiro atoms. The van der Waals surface area contributed by atoms with E-state index in [1.165, 1.54) is 6.33 Å². The van der Waals surface area contributed by atoms with Crippen molar-refractivity contribution in [3.8, 4) is 0 Å².